The second-order valence-electron chi connectivity index (χ2n) is 13.3. The molecule has 174 valence electrons. The van der Waals surface area contributed by atoms with Gasteiger partial charge in [-0.3, -0.25) is 0 Å². The average molecular weight is 463 g/mol. The Kier molecular flexibility index (Phi) is 8.02. The smallest absolute Gasteiger partial charge is 0.192 e. The van der Waals surface area contributed by atoms with Crippen molar-refractivity contribution in [1.82, 2.24) is 0 Å². The van der Waals surface area contributed by atoms with Crippen molar-refractivity contribution in [2.75, 3.05) is 0 Å². The summed E-state index contributed by atoms with van der Waals surface area (Å²) in [5.41, 5.74) is -0.547. The minimum Gasteiger partial charge on any atom is -0.411 e. The molecule has 0 saturated heterocycles. The van der Waals surface area contributed by atoms with Gasteiger partial charge in [0.2, 0.25) is 0 Å². The maximum Gasteiger partial charge on any atom is 0.192 e. The summed E-state index contributed by atoms with van der Waals surface area (Å²) in [5.74, 6) is 0. The molecule has 0 aromatic rings. The van der Waals surface area contributed by atoms with E-state index in [4.69, 9.17) is 13.3 Å². The molecule has 0 heterocycles. The van der Waals surface area contributed by atoms with E-state index < -0.39 is 36.7 Å². The zero-order valence-corrected chi connectivity index (χ0v) is 24.8. The molecule has 2 unspecified atom stereocenters. The molecule has 1 rings (SSSR count). The lowest BCUT2D eigenvalue weighted by Gasteiger charge is -2.55. The van der Waals surface area contributed by atoms with Gasteiger partial charge in [-0.2, -0.15) is 0 Å². The van der Waals surface area contributed by atoms with E-state index in [1.807, 2.05) is 0 Å². The first-order chi connectivity index (χ1) is 12.5. The van der Waals surface area contributed by atoms with Gasteiger partial charge in [0.25, 0.3) is 0 Å². The number of aliphatic hydroxyl groups is 1. The maximum absolute atomic E-state index is 10.8. The monoisotopic (exact) mass is 462 g/mol. The molecular formula is C22H50O4Si3. The molecule has 1 fully saturated rings. The van der Waals surface area contributed by atoms with Gasteiger partial charge in [-0.25, -0.2) is 0 Å². The Labute approximate surface area is 184 Å². The zero-order chi connectivity index (χ0) is 23.3. The molecule has 1 aliphatic rings. The fourth-order valence-corrected chi connectivity index (χ4v) is 7.82. The summed E-state index contributed by atoms with van der Waals surface area (Å²) >= 11 is 0. The van der Waals surface area contributed by atoms with Crippen molar-refractivity contribution >= 4 is 25.0 Å². The lowest BCUT2D eigenvalue weighted by molar-refractivity contribution is -0.158. The van der Waals surface area contributed by atoms with Gasteiger partial charge in [0.05, 0.1) is 18.3 Å². The highest BCUT2D eigenvalue weighted by molar-refractivity contribution is 6.74. The van der Waals surface area contributed by atoms with Gasteiger partial charge in [-0.15, -0.1) is 0 Å². The molecule has 0 spiro atoms. The minimum absolute atomic E-state index is 0.102. The molecule has 0 aromatic heterocycles. The molecule has 0 bridgehead atoms. The van der Waals surface area contributed by atoms with Crippen LogP contribution in [0.2, 0.25) is 55.9 Å². The number of aliphatic hydroxyl groups excluding tert-OH is 1. The van der Waals surface area contributed by atoms with Crippen LogP contribution in [0.4, 0.5) is 0 Å². The molecule has 0 amide bonds. The minimum atomic E-state index is -2.03. The van der Waals surface area contributed by atoms with Gasteiger partial charge < -0.3 is 18.4 Å². The third-order valence-electron chi connectivity index (χ3n) is 7.26. The molecule has 29 heavy (non-hydrogen) atoms. The highest BCUT2D eigenvalue weighted by atomic mass is 28.4. The Morgan fingerprint density at radius 1 is 0.724 bits per heavy atom. The van der Waals surface area contributed by atoms with Gasteiger partial charge in [-0.1, -0.05) is 41.5 Å². The molecule has 0 aromatic carbocycles. The zero-order valence-electron chi connectivity index (χ0n) is 21.8. The first-order valence-electron chi connectivity index (χ1n) is 11.3. The number of hydrogen-bond donors (Lipinski definition) is 1. The Morgan fingerprint density at radius 3 is 1.28 bits per heavy atom. The third-order valence-corrected chi connectivity index (χ3v) is 17.3. The van der Waals surface area contributed by atoms with Crippen LogP contribution in [0, 0.1) is 0 Å². The number of hydrogen-bond acceptors (Lipinski definition) is 4. The van der Waals surface area contributed by atoms with Crippen molar-refractivity contribution in [1.29, 1.82) is 0 Å². The first-order valence-corrected chi connectivity index (χ1v) is 20.5. The molecule has 0 radical (unpaired) electrons. The van der Waals surface area contributed by atoms with Crippen LogP contribution in [-0.4, -0.2) is 54.0 Å². The Balaban J connectivity index is 3.39. The highest BCUT2D eigenvalue weighted by Crippen LogP contribution is 2.46. The predicted octanol–water partition coefficient (Wildman–Crippen LogP) is 6.53. The summed E-state index contributed by atoms with van der Waals surface area (Å²) < 4.78 is 20.7. The summed E-state index contributed by atoms with van der Waals surface area (Å²) in [7, 11) is -5.94. The predicted molar refractivity (Wildman–Crippen MR) is 132 cm³/mol. The van der Waals surface area contributed by atoms with Crippen LogP contribution in [0.15, 0.2) is 0 Å². The normalized spacial score (nSPS) is 30.5. The quantitative estimate of drug-likeness (QED) is 0.456. The van der Waals surface area contributed by atoms with Gasteiger partial charge >= 0.3 is 0 Å². The van der Waals surface area contributed by atoms with Crippen molar-refractivity contribution in [3.05, 3.63) is 0 Å². The summed E-state index contributed by atoms with van der Waals surface area (Å²) in [6.07, 6.45) is 0.496. The average Bonchev–Trinajstić information content (AvgIpc) is 2.39. The second kappa shape index (κ2) is 8.45. The lowest BCUT2D eigenvalue weighted by atomic mass is 9.80. The summed E-state index contributed by atoms with van der Waals surface area (Å²) in [6.45, 7) is 31.6. The standard InChI is InChI=1S/C22H50O4Si3/c1-20(2,3)28(11,12)24-18-15-17(23)16-19(22(18,7)26-27(8,9)10)25-29(13,14)21(4,5)6/h17-19,23H,15-16H2,1-14H3. The largest absolute Gasteiger partial charge is 0.411 e. The molecule has 7 heteroatoms. The van der Waals surface area contributed by atoms with E-state index in [9.17, 15) is 5.11 Å². The van der Waals surface area contributed by atoms with Crippen molar-refractivity contribution in [2.45, 2.75) is 141 Å². The van der Waals surface area contributed by atoms with E-state index in [1.54, 1.807) is 0 Å². The van der Waals surface area contributed by atoms with Crippen LogP contribution in [0.3, 0.4) is 0 Å². The van der Waals surface area contributed by atoms with Crippen LogP contribution in [-0.2, 0) is 13.3 Å². The highest BCUT2D eigenvalue weighted by Gasteiger charge is 2.55. The van der Waals surface area contributed by atoms with Crippen LogP contribution >= 0.6 is 0 Å². The van der Waals surface area contributed by atoms with Gasteiger partial charge in [0.15, 0.2) is 25.0 Å². The van der Waals surface area contributed by atoms with Crippen molar-refractivity contribution in [3.8, 4) is 0 Å². The Bertz CT molecular complexity index is 518. The fraction of sp³-hybridized carbons (Fsp3) is 1.00. The Hall–Kier alpha value is 0.491. The van der Waals surface area contributed by atoms with Crippen molar-refractivity contribution in [3.63, 3.8) is 0 Å². The topological polar surface area (TPSA) is 47.9 Å². The fourth-order valence-electron chi connectivity index (χ4n) is 3.45. The van der Waals surface area contributed by atoms with Crippen LogP contribution < -0.4 is 0 Å². The summed E-state index contributed by atoms with van der Waals surface area (Å²) in [5, 5.41) is 11.0. The van der Waals surface area contributed by atoms with E-state index in [2.05, 4.69) is 94.3 Å². The molecule has 4 nitrogen and oxygen atoms in total. The van der Waals surface area contributed by atoms with Crippen molar-refractivity contribution < 1.29 is 18.4 Å². The molecule has 2 atom stereocenters. The first kappa shape index (κ1) is 27.5. The third kappa shape index (κ3) is 6.73. The summed E-state index contributed by atoms with van der Waals surface area (Å²) in [4.78, 5) is 0. The van der Waals surface area contributed by atoms with Crippen LogP contribution in [0.1, 0.15) is 61.3 Å². The molecule has 1 N–H and O–H groups in total. The molecule has 1 aliphatic carbocycles. The second-order valence-corrected chi connectivity index (χ2v) is 27.2. The van der Waals surface area contributed by atoms with E-state index >= 15 is 0 Å². The van der Waals surface area contributed by atoms with E-state index in [0.717, 1.165) is 0 Å². The van der Waals surface area contributed by atoms with E-state index in [0.29, 0.717) is 12.8 Å². The van der Waals surface area contributed by atoms with E-state index in [1.165, 1.54) is 0 Å². The van der Waals surface area contributed by atoms with Gasteiger partial charge in [-0.05, 0) is 62.8 Å². The summed E-state index contributed by atoms with van der Waals surface area (Å²) in [6, 6.07) is 0. The van der Waals surface area contributed by atoms with E-state index in [-0.39, 0.29) is 22.3 Å². The molecular weight excluding hydrogens is 412 g/mol. The SMILES string of the molecule is CC1(O[Si](C)(C)C)C(O[Si](C)(C)C(C)(C)C)CC(O)CC1O[Si](C)(C)C(C)(C)C. The molecule has 0 aliphatic heterocycles. The van der Waals surface area contributed by atoms with Gasteiger partial charge in [0.1, 0.15) is 5.60 Å². The van der Waals surface area contributed by atoms with Crippen molar-refractivity contribution in [2.24, 2.45) is 0 Å². The lowest BCUT2D eigenvalue weighted by Crippen LogP contribution is -2.66. The number of rotatable bonds is 6. The van der Waals surface area contributed by atoms with Crippen LogP contribution in [0.5, 0.6) is 0 Å². The van der Waals surface area contributed by atoms with Crippen LogP contribution in [0.25, 0.3) is 0 Å². The molecule has 1 saturated carbocycles. The maximum atomic E-state index is 10.8. The Morgan fingerprint density at radius 2 is 1.03 bits per heavy atom. The van der Waals surface area contributed by atoms with Gasteiger partial charge in [0, 0.05) is 12.8 Å².